The number of carboxylic acid groups (broad SMARTS) is 1. The number of pyridine rings is 1. The van der Waals surface area contributed by atoms with Gasteiger partial charge in [-0.2, -0.15) is 0 Å². The van der Waals surface area contributed by atoms with Crippen molar-refractivity contribution in [3.63, 3.8) is 0 Å². The normalized spacial score (nSPS) is 11.5. The molecule has 0 aliphatic rings. The highest BCUT2D eigenvalue weighted by Gasteiger charge is 2.18. The topological polar surface area (TPSA) is 96.6 Å². The summed E-state index contributed by atoms with van der Waals surface area (Å²) >= 11 is 0. The Labute approximate surface area is 183 Å². The lowest BCUT2D eigenvalue weighted by Gasteiger charge is -2.13. The van der Waals surface area contributed by atoms with Crippen molar-refractivity contribution in [2.75, 3.05) is 0 Å². The minimum absolute atomic E-state index is 0.0353. The summed E-state index contributed by atoms with van der Waals surface area (Å²) in [5.41, 5.74) is -1.90. The molecule has 0 aliphatic carbocycles. The third kappa shape index (κ3) is 5.35. The van der Waals surface area contributed by atoms with Crippen LogP contribution in [0.5, 0.6) is 0 Å². The van der Waals surface area contributed by atoms with Crippen LogP contribution in [0.2, 0.25) is 0 Å². The van der Waals surface area contributed by atoms with Gasteiger partial charge in [0.05, 0.1) is 12.1 Å². The van der Waals surface area contributed by atoms with Gasteiger partial charge in [0.15, 0.2) is 0 Å². The van der Waals surface area contributed by atoms with Gasteiger partial charge in [-0.25, -0.2) is 22.4 Å². The summed E-state index contributed by atoms with van der Waals surface area (Å²) in [5.74, 6) is -8.58. The second-order valence-electron chi connectivity index (χ2n) is 7.01. The third-order valence-electron chi connectivity index (χ3n) is 4.68. The number of rotatable bonds is 7. The molecule has 0 atom stereocenters. The molecule has 1 aromatic heterocycles. The van der Waals surface area contributed by atoms with Crippen molar-refractivity contribution in [2.24, 2.45) is 0 Å². The Balaban J connectivity index is 2.15. The van der Waals surface area contributed by atoms with Crippen LogP contribution < -0.4 is 5.56 Å². The zero-order valence-electron chi connectivity index (χ0n) is 16.7. The summed E-state index contributed by atoms with van der Waals surface area (Å²) in [6.45, 7) is -0.346. The SMILES string of the molecule is O=C(O)C(=O)C=C(O)c1cc(Cc2c(F)cc(F)cc2F)cn(Cc2ccccc2F)c1=O. The molecular weight excluding hydrogens is 446 g/mol. The zero-order chi connectivity index (χ0) is 24.3. The van der Waals surface area contributed by atoms with E-state index in [0.29, 0.717) is 18.2 Å². The van der Waals surface area contributed by atoms with Crippen LogP contribution in [0.3, 0.4) is 0 Å². The number of hydrogen-bond acceptors (Lipinski definition) is 4. The van der Waals surface area contributed by atoms with Gasteiger partial charge in [-0.1, -0.05) is 18.2 Å². The van der Waals surface area contributed by atoms with Crippen molar-refractivity contribution >= 4 is 17.5 Å². The molecule has 0 bridgehead atoms. The molecule has 2 N–H and O–H groups in total. The molecule has 33 heavy (non-hydrogen) atoms. The van der Waals surface area contributed by atoms with Gasteiger partial charge in [0, 0.05) is 42.0 Å². The van der Waals surface area contributed by atoms with Crippen LogP contribution in [0.1, 0.15) is 22.3 Å². The van der Waals surface area contributed by atoms with Gasteiger partial charge in [-0.15, -0.1) is 0 Å². The average Bonchev–Trinajstić information content (AvgIpc) is 2.74. The summed E-state index contributed by atoms with van der Waals surface area (Å²) in [6.07, 6.45) is 0.963. The summed E-state index contributed by atoms with van der Waals surface area (Å²) in [4.78, 5) is 35.0. The average molecular weight is 461 g/mol. The van der Waals surface area contributed by atoms with Gasteiger partial charge >= 0.3 is 5.97 Å². The highest BCUT2D eigenvalue weighted by atomic mass is 19.1. The van der Waals surface area contributed by atoms with Gasteiger partial charge in [-0.3, -0.25) is 9.59 Å². The van der Waals surface area contributed by atoms with E-state index >= 15 is 0 Å². The number of hydrogen-bond donors (Lipinski definition) is 2. The molecule has 0 amide bonds. The zero-order valence-corrected chi connectivity index (χ0v) is 16.7. The molecule has 3 rings (SSSR count). The van der Waals surface area contributed by atoms with E-state index < -0.39 is 63.9 Å². The standard InChI is InChI=1S/C23H15F4NO5/c24-14-7-18(26)15(19(27)8-14)5-12-6-16(20(29)9-21(30)23(32)33)22(31)28(10-12)11-13-3-1-2-4-17(13)25/h1-4,6-10,29H,5,11H2,(H,32,33). The molecule has 0 radical (unpaired) electrons. The maximum Gasteiger partial charge on any atom is 0.376 e. The summed E-state index contributed by atoms with van der Waals surface area (Å²) < 4.78 is 56.5. The van der Waals surface area contributed by atoms with Crippen molar-refractivity contribution < 1.29 is 37.4 Å². The first-order valence-electron chi connectivity index (χ1n) is 9.35. The number of carbonyl (C=O) groups excluding carboxylic acids is 1. The lowest BCUT2D eigenvalue weighted by molar-refractivity contribution is -0.146. The Hall–Kier alpha value is -4.21. The smallest absolute Gasteiger partial charge is 0.376 e. The van der Waals surface area contributed by atoms with Gasteiger partial charge in [0.1, 0.15) is 29.0 Å². The predicted octanol–water partition coefficient (Wildman–Crippen LogP) is 3.60. The van der Waals surface area contributed by atoms with Crippen LogP contribution in [-0.2, 0) is 22.6 Å². The molecule has 0 fully saturated rings. The van der Waals surface area contributed by atoms with E-state index in [4.69, 9.17) is 5.11 Å². The molecule has 1 heterocycles. The fraction of sp³-hybridized carbons (Fsp3) is 0.0870. The molecule has 0 unspecified atom stereocenters. The van der Waals surface area contributed by atoms with Gasteiger partial charge in [0.25, 0.3) is 11.3 Å². The van der Waals surface area contributed by atoms with Gasteiger partial charge in [0.2, 0.25) is 0 Å². The number of ketones is 1. The number of aliphatic hydroxyl groups excluding tert-OH is 1. The van der Waals surface area contributed by atoms with Crippen LogP contribution in [-0.4, -0.2) is 26.5 Å². The Morgan fingerprint density at radius 2 is 1.58 bits per heavy atom. The molecule has 0 aliphatic heterocycles. The Morgan fingerprint density at radius 1 is 0.939 bits per heavy atom. The van der Waals surface area contributed by atoms with Crippen LogP contribution in [0, 0.1) is 23.3 Å². The molecule has 2 aromatic carbocycles. The summed E-state index contributed by atoms with van der Waals surface area (Å²) in [5, 5.41) is 18.9. The molecule has 0 saturated heterocycles. The molecular formula is C23H15F4NO5. The van der Waals surface area contributed by atoms with Gasteiger partial charge in [-0.05, 0) is 17.7 Å². The maximum atomic E-state index is 14.1. The highest BCUT2D eigenvalue weighted by Crippen LogP contribution is 2.20. The number of aliphatic hydroxyl groups is 1. The number of aromatic nitrogens is 1. The first kappa shape index (κ1) is 23.5. The second-order valence-corrected chi connectivity index (χ2v) is 7.01. The molecule has 10 heteroatoms. The fourth-order valence-electron chi connectivity index (χ4n) is 3.11. The van der Waals surface area contributed by atoms with Crippen molar-refractivity contribution in [3.05, 3.63) is 111 Å². The Bertz CT molecular complexity index is 1320. The lowest BCUT2D eigenvalue weighted by Crippen LogP contribution is -2.25. The van der Waals surface area contributed by atoms with Crippen molar-refractivity contribution in [1.29, 1.82) is 0 Å². The van der Waals surface area contributed by atoms with E-state index in [0.717, 1.165) is 22.9 Å². The number of halogens is 4. The van der Waals surface area contributed by atoms with Crippen molar-refractivity contribution in [2.45, 2.75) is 13.0 Å². The van der Waals surface area contributed by atoms with E-state index in [1.165, 1.54) is 18.2 Å². The quantitative estimate of drug-likeness (QED) is 0.243. The van der Waals surface area contributed by atoms with E-state index in [-0.39, 0.29) is 17.7 Å². The van der Waals surface area contributed by atoms with E-state index in [9.17, 15) is 37.1 Å². The number of carboxylic acids is 1. The number of aliphatic carboxylic acids is 1. The van der Waals surface area contributed by atoms with Crippen LogP contribution >= 0.6 is 0 Å². The largest absolute Gasteiger partial charge is 0.507 e. The third-order valence-corrected chi connectivity index (χ3v) is 4.68. The van der Waals surface area contributed by atoms with Crippen molar-refractivity contribution in [3.8, 4) is 0 Å². The number of carbonyl (C=O) groups is 2. The van der Waals surface area contributed by atoms with Gasteiger partial charge < -0.3 is 14.8 Å². The Kier molecular flexibility index (Phi) is 6.76. The first-order chi connectivity index (χ1) is 15.6. The summed E-state index contributed by atoms with van der Waals surface area (Å²) in [6, 6.07) is 7.42. The minimum Gasteiger partial charge on any atom is -0.507 e. The molecule has 6 nitrogen and oxygen atoms in total. The lowest BCUT2D eigenvalue weighted by atomic mass is 10.0. The maximum absolute atomic E-state index is 14.1. The Morgan fingerprint density at radius 3 is 2.18 bits per heavy atom. The molecule has 170 valence electrons. The second kappa shape index (κ2) is 9.51. The summed E-state index contributed by atoms with van der Waals surface area (Å²) in [7, 11) is 0. The fourth-order valence-corrected chi connectivity index (χ4v) is 3.11. The number of nitrogens with zero attached hydrogens (tertiary/aromatic N) is 1. The minimum atomic E-state index is -1.89. The monoisotopic (exact) mass is 461 g/mol. The van der Waals surface area contributed by atoms with Crippen LogP contribution in [0.4, 0.5) is 17.6 Å². The number of benzene rings is 2. The van der Waals surface area contributed by atoms with E-state index in [1.807, 2.05) is 0 Å². The highest BCUT2D eigenvalue weighted by molar-refractivity contribution is 6.38. The van der Waals surface area contributed by atoms with Crippen LogP contribution in [0.25, 0.3) is 5.76 Å². The predicted molar refractivity (Wildman–Crippen MR) is 109 cm³/mol. The first-order valence-corrected chi connectivity index (χ1v) is 9.35. The molecule has 0 saturated carbocycles. The molecule has 0 spiro atoms. The van der Waals surface area contributed by atoms with E-state index in [2.05, 4.69) is 0 Å². The van der Waals surface area contributed by atoms with E-state index in [1.54, 1.807) is 0 Å². The molecule has 3 aromatic rings. The van der Waals surface area contributed by atoms with Crippen molar-refractivity contribution in [1.82, 2.24) is 4.57 Å². The van der Waals surface area contributed by atoms with Crippen LogP contribution in [0.15, 0.2) is 59.5 Å².